The van der Waals surface area contributed by atoms with Crippen LogP contribution < -0.4 is 10.2 Å². The summed E-state index contributed by atoms with van der Waals surface area (Å²) in [4.78, 5) is 14.5. The third-order valence-electron chi connectivity index (χ3n) is 9.08. The number of likely N-dealkylation sites (tertiary alicyclic amines) is 1. The summed E-state index contributed by atoms with van der Waals surface area (Å²) in [6, 6.07) is 11.5. The van der Waals surface area contributed by atoms with Gasteiger partial charge in [-0.05, 0) is 43.4 Å². The standard InChI is InChI=1S/C27H38N2O2/c1-19-7-6-12-27(2)16-25-22(15-24(19)27)23(26(30)31-25)17-28-21-10-13-29(14-11-21)18-20-8-4-3-5-9-20/h3-5,8-9,21-25,28H,1,6-7,10-18H2,2H3/p+2/t22-,23+,24+,25-,27-/m1/s1. The van der Waals surface area contributed by atoms with Crippen molar-refractivity contribution in [1.82, 2.24) is 0 Å². The summed E-state index contributed by atoms with van der Waals surface area (Å²) >= 11 is 0. The van der Waals surface area contributed by atoms with Crippen molar-refractivity contribution in [3.05, 3.63) is 48.0 Å². The first-order valence-corrected chi connectivity index (χ1v) is 12.6. The van der Waals surface area contributed by atoms with Crippen LogP contribution in [0.5, 0.6) is 0 Å². The number of nitrogens with one attached hydrogen (secondary N) is 1. The molecule has 5 rings (SSSR count). The van der Waals surface area contributed by atoms with E-state index in [9.17, 15) is 4.79 Å². The van der Waals surface area contributed by atoms with Crippen molar-refractivity contribution in [1.29, 1.82) is 0 Å². The second-order valence-electron chi connectivity index (χ2n) is 11.1. The van der Waals surface area contributed by atoms with Crippen LogP contribution in [0.25, 0.3) is 0 Å². The number of rotatable bonds is 5. The average Bonchev–Trinajstić information content (AvgIpc) is 3.06. The Kier molecular flexibility index (Phi) is 5.96. The van der Waals surface area contributed by atoms with Gasteiger partial charge in [-0.3, -0.25) is 4.79 Å². The number of benzene rings is 1. The summed E-state index contributed by atoms with van der Waals surface area (Å²) < 4.78 is 5.96. The lowest BCUT2D eigenvalue weighted by Gasteiger charge is -2.49. The van der Waals surface area contributed by atoms with Gasteiger partial charge in [0, 0.05) is 24.3 Å². The van der Waals surface area contributed by atoms with Crippen molar-refractivity contribution in [2.75, 3.05) is 19.6 Å². The molecule has 31 heavy (non-hydrogen) atoms. The van der Waals surface area contributed by atoms with Gasteiger partial charge in [-0.25, -0.2) is 0 Å². The molecule has 4 fully saturated rings. The van der Waals surface area contributed by atoms with Crippen LogP contribution in [0.3, 0.4) is 0 Å². The minimum Gasteiger partial charge on any atom is -0.462 e. The molecular weight excluding hydrogens is 384 g/mol. The largest absolute Gasteiger partial charge is 0.462 e. The van der Waals surface area contributed by atoms with Crippen molar-refractivity contribution in [2.24, 2.45) is 23.2 Å². The number of hydrogen-bond donors (Lipinski definition) is 2. The molecule has 2 saturated heterocycles. The van der Waals surface area contributed by atoms with Crippen LogP contribution in [-0.4, -0.2) is 37.7 Å². The van der Waals surface area contributed by atoms with Gasteiger partial charge in [0.1, 0.15) is 18.6 Å². The Morgan fingerprint density at radius 1 is 1.23 bits per heavy atom. The molecule has 2 heterocycles. The van der Waals surface area contributed by atoms with Crippen molar-refractivity contribution in [2.45, 2.75) is 70.6 Å². The van der Waals surface area contributed by atoms with Gasteiger partial charge >= 0.3 is 5.97 Å². The Balaban J connectivity index is 1.13. The molecule has 168 valence electrons. The van der Waals surface area contributed by atoms with Crippen LogP contribution in [0.4, 0.5) is 0 Å². The van der Waals surface area contributed by atoms with E-state index in [0.29, 0.717) is 23.3 Å². The van der Waals surface area contributed by atoms with Crippen molar-refractivity contribution in [3.8, 4) is 0 Å². The summed E-state index contributed by atoms with van der Waals surface area (Å²) in [7, 11) is 0. The molecule has 2 aliphatic carbocycles. The summed E-state index contributed by atoms with van der Waals surface area (Å²) in [5, 5.41) is 2.48. The zero-order valence-corrected chi connectivity index (χ0v) is 19.2. The summed E-state index contributed by atoms with van der Waals surface area (Å²) in [5.74, 6) is 1.15. The number of nitrogens with two attached hydrogens (primary N) is 1. The Hall–Kier alpha value is -1.65. The lowest BCUT2D eigenvalue weighted by Crippen LogP contribution is -3.13. The number of carbonyl (C=O) groups excluding carboxylic acids is 1. The van der Waals surface area contributed by atoms with E-state index in [2.05, 4.69) is 49.2 Å². The quantitative estimate of drug-likeness (QED) is 0.562. The highest BCUT2D eigenvalue weighted by Crippen LogP contribution is 2.56. The predicted octanol–water partition coefficient (Wildman–Crippen LogP) is 2.11. The third kappa shape index (κ3) is 4.34. The van der Waals surface area contributed by atoms with E-state index in [1.165, 1.54) is 56.3 Å². The number of allylic oxidation sites excluding steroid dienone is 1. The van der Waals surface area contributed by atoms with Gasteiger partial charge in [0.2, 0.25) is 0 Å². The van der Waals surface area contributed by atoms with E-state index in [1.807, 2.05) is 0 Å². The molecule has 4 nitrogen and oxygen atoms in total. The average molecular weight is 425 g/mol. The lowest BCUT2D eigenvalue weighted by atomic mass is 9.55. The maximum absolute atomic E-state index is 12.8. The molecule has 4 heteroatoms. The first kappa shape index (κ1) is 21.2. The second kappa shape index (κ2) is 8.71. The molecule has 2 saturated carbocycles. The normalized spacial score (nSPS) is 40.2. The van der Waals surface area contributed by atoms with Crippen LogP contribution in [0.2, 0.25) is 0 Å². The van der Waals surface area contributed by atoms with Gasteiger partial charge in [0.05, 0.1) is 25.7 Å². The van der Waals surface area contributed by atoms with E-state index in [-0.39, 0.29) is 18.0 Å². The zero-order chi connectivity index (χ0) is 21.4. The minimum atomic E-state index is 0.0752. The highest BCUT2D eigenvalue weighted by Gasteiger charge is 2.55. The maximum Gasteiger partial charge on any atom is 0.315 e. The van der Waals surface area contributed by atoms with Gasteiger partial charge in [0.25, 0.3) is 0 Å². The molecule has 2 aliphatic heterocycles. The number of hydrogen-bond acceptors (Lipinski definition) is 2. The molecule has 0 amide bonds. The zero-order valence-electron chi connectivity index (χ0n) is 19.2. The molecular formula is C27H40N2O2+2. The van der Waals surface area contributed by atoms with Crippen molar-refractivity contribution >= 4 is 5.97 Å². The highest BCUT2D eigenvalue weighted by molar-refractivity contribution is 5.75. The van der Waals surface area contributed by atoms with Crippen LogP contribution >= 0.6 is 0 Å². The number of ether oxygens (including phenoxy) is 1. The molecule has 1 aromatic rings. The van der Waals surface area contributed by atoms with Crippen LogP contribution in [-0.2, 0) is 16.1 Å². The number of carbonyl (C=O) groups is 1. The molecule has 3 N–H and O–H groups in total. The summed E-state index contributed by atoms with van der Waals surface area (Å²) in [6.07, 6.45) is 8.49. The second-order valence-corrected chi connectivity index (χ2v) is 11.1. The fraction of sp³-hybridized carbons (Fsp3) is 0.667. The van der Waals surface area contributed by atoms with Gasteiger partial charge in [-0.2, -0.15) is 0 Å². The molecule has 0 bridgehead atoms. The third-order valence-corrected chi connectivity index (χ3v) is 9.08. The Morgan fingerprint density at radius 2 is 2.00 bits per heavy atom. The monoisotopic (exact) mass is 424 g/mol. The number of quaternary nitrogens is 2. The van der Waals surface area contributed by atoms with Crippen molar-refractivity contribution < 1.29 is 19.7 Å². The van der Waals surface area contributed by atoms with E-state index in [4.69, 9.17) is 4.74 Å². The Labute approximate surface area is 187 Å². The van der Waals surface area contributed by atoms with Crippen LogP contribution in [0, 0.1) is 23.2 Å². The molecule has 0 aromatic heterocycles. The molecule has 1 aromatic carbocycles. The molecule has 5 atom stereocenters. The first-order valence-electron chi connectivity index (χ1n) is 12.6. The van der Waals surface area contributed by atoms with Crippen LogP contribution in [0.1, 0.15) is 57.4 Å². The fourth-order valence-electron chi connectivity index (χ4n) is 7.21. The highest BCUT2D eigenvalue weighted by atomic mass is 16.6. The van der Waals surface area contributed by atoms with E-state index >= 15 is 0 Å². The van der Waals surface area contributed by atoms with Gasteiger partial charge in [0.15, 0.2) is 0 Å². The summed E-state index contributed by atoms with van der Waals surface area (Å²) in [6.45, 7) is 11.4. The SMILES string of the molecule is C=C1CCC[C@]2(C)C[C@H]3OC(=O)[C@@H](C[NH2+]C4CC[NH+](Cc5ccccc5)CC4)[C@H]3C[C@@H]12. The van der Waals surface area contributed by atoms with Crippen LogP contribution in [0.15, 0.2) is 42.5 Å². The Bertz CT molecular complexity index is 801. The first-order chi connectivity index (χ1) is 15.0. The fourth-order valence-corrected chi connectivity index (χ4v) is 7.21. The lowest BCUT2D eigenvalue weighted by molar-refractivity contribution is -0.926. The van der Waals surface area contributed by atoms with E-state index in [1.54, 1.807) is 4.90 Å². The minimum absolute atomic E-state index is 0.0752. The van der Waals surface area contributed by atoms with E-state index < -0.39 is 0 Å². The number of esters is 1. The molecule has 0 unspecified atom stereocenters. The predicted molar refractivity (Wildman–Crippen MR) is 121 cm³/mol. The number of piperidine rings is 1. The van der Waals surface area contributed by atoms with Crippen molar-refractivity contribution in [3.63, 3.8) is 0 Å². The summed E-state index contributed by atoms with van der Waals surface area (Å²) in [5.41, 5.74) is 3.17. The topological polar surface area (TPSA) is 47.3 Å². The maximum atomic E-state index is 12.8. The Morgan fingerprint density at radius 3 is 2.77 bits per heavy atom. The van der Waals surface area contributed by atoms with Gasteiger partial charge in [-0.1, -0.05) is 49.4 Å². The molecule has 4 aliphatic rings. The number of fused-ring (bicyclic) bond motifs is 2. The smallest absolute Gasteiger partial charge is 0.315 e. The van der Waals surface area contributed by atoms with Gasteiger partial charge < -0.3 is 15.0 Å². The molecule has 0 spiro atoms. The van der Waals surface area contributed by atoms with Gasteiger partial charge in [-0.15, -0.1) is 0 Å². The molecule has 0 radical (unpaired) electrons. The van der Waals surface area contributed by atoms with E-state index in [0.717, 1.165) is 25.9 Å².